The zero-order chi connectivity index (χ0) is 11.8. The van der Waals surface area contributed by atoms with Crippen molar-refractivity contribution in [1.82, 2.24) is 0 Å². The minimum absolute atomic E-state index is 0.164. The van der Waals surface area contributed by atoms with Gasteiger partial charge in [-0.1, -0.05) is 12.1 Å². The summed E-state index contributed by atoms with van der Waals surface area (Å²) in [5, 5.41) is 18.3. The number of carbonyl (C=O) groups is 1. The van der Waals surface area contributed by atoms with Gasteiger partial charge in [-0.2, -0.15) is 0 Å². The van der Waals surface area contributed by atoms with Crippen molar-refractivity contribution in [3.8, 4) is 5.75 Å². The molecule has 2 atom stereocenters. The molecular weight excluding hydrogens is 208 g/mol. The maximum Gasteiger partial charge on any atom is 0.309 e. The molecule has 0 spiro atoms. The Morgan fingerprint density at radius 1 is 1.44 bits per heavy atom. The van der Waals surface area contributed by atoms with E-state index in [0.717, 1.165) is 5.56 Å². The standard InChI is InChI=1S/C12H14O4/c1-12(8-2-4-9(13)5-3-8)10(11(14)15)6-7-16-12/h2-5,10,13H,6-7H2,1H3,(H,14,15). The lowest BCUT2D eigenvalue weighted by atomic mass is 9.83. The average Bonchev–Trinajstić information content (AvgIpc) is 2.62. The summed E-state index contributed by atoms with van der Waals surface area (Å²) in [5.41, 5.74) is -0.00491. The number of rotatable bonds is 2. The molecule has 86 valence electrons. The van der Waals surface area contributed by atoms with Crippen LogP contribution < -0.4 is 0 Å². The summed E-state index contributed by atoms with van der Waals surface area (Å²) in [6.45, 7) is 2.24. The van der Waals surface area contributed by atoms with Crippen LogP contribution in [0.15, 0.2) is 24.3 Å². The summed E-state index contributed by atoms with van der Waals surface area (Å²) < 4.78 is 5.58. The number of benzene rings is 1. The maximum absolute atomic E-state index is 11.1. The minimum atomic E-state index is -0.840. The van der Waals surface area contributed by atoms with E-state index in [0.29, 0.717) is 13.0 Å². The molecule has 2 rings (SSSR count). The first kappa shape index (κ1) is 11.0. The molecule has 0 saturated carbocycles. The Balaban J connectivity index is 2.37. The third-order valence-corrected chi connectivity index (χ3v) is 3.21. The van der Waals surface area contributed by atoms with E-state index in [1.165, 1.54) is 0 Å². The van der Waals surface area contributed by atoms with Crippen LogP contribution in [0.25, 0.3) is 0 Å². The molecule has 1 aliphatic heterocycles. The van der Waals surface area contributed by atoms with Crippen molar-refractivity contribution < 1.29 is 19.7 Å². The maximum atomic E-state index is 11.1. The van der Waals surface area contributed by atoms with Gasteiger partial charge in [0.15, 0.2) is 0 Å². The third-order valence-electron chi connectivity index (χ3n) is 3.21. The molecule has 1 saturated heterocycles. The topological polar surface area (TPSA) is 66.8 Å². The van der Waals surface area contributed by atoms with Gasteiger partial charge >= 0.3 is 5.97 Å². The Morgan fingerprint density at radius 3 is 2.62 bits per heavy atom. The molecule has 0 aromatic heterocycles. The highest BCUT2D eigenvalue weighted by atomic mass is 16.5. The Kier molecular flexibility index (Phi) is 2.59. The average molecular weight is 222 g/mol. The first-order valence-corrected chi connectivity index (χ1v) is 5.20. The number of hydrogen-bond acceptors (Lipinski definition) is 3. The Bertz CT molecular complexity index is 398. The minimum Gasteiger partial charge on any atom is -0.508 e. The number of aliphatic carboxylic acids is 1. The number of phenolic OH excluding ortho intramolecular Hbond substituents is 1. The normalized spacial score (nSPS) is 29.2. The molecule has 4 heteroatoms. The second kappa shape index (κ2) is 3.79. The first-order chi connectivity index (χ1) is 7.54. The van der Waals surface area contributed by atoms with Gasteiger partial charge in [-0.3, -0.25) is 4.79 Å². The van der Waals surface area contributed by atoms with E-state index < -0.39 is 17.5 Å². The molecule has 1 aromatic rings. The number of hydrogen-bond donors (Lipinski definition) is 2. The van der Waals surface area contributed by atoms with Crippen LogP contribution in [0.1, 0.15) is 18.9 Å². The fourth-order valence-corrected chi connectivity index (χ4v) is 2.20. The number of phenols is 1. The molecule has 2 N–H and O–H groups in total. The quantitative estimate of drug-likeness (QED) is 0.799. The van der Waals surface area contributed by atoms with Crippen LogP contribution in [0.4, 0.5) is 0 Å². The van der Waals surface area contributed by atoms with E-state index in [-0.39, 0.29) is 5.75 Å². The third kappa shape index (κ3) is 1.65. The zero-order valence-electron chi connectivity index (χ0n) is 9.01. The van der Waals surface area contributed by atoms with Gasteiger partial charge in [0.25, 0.3) is 0 Å². The largest absolute Gasteiger partial charge is 0.508 e. The van der Waals surface area contributed by atoms with Gasteiger partial charge in [-0.15, -0.1) is 0 Å². The second-order valence-electron chi connectivity index (χ2n) is 4.18. The van der Waals surface area contributed by atoms with Crippen molar-refractivity contribution in [2.75, 3.05) is 6.61 Å². The summed E-state index contributed by atoms with van der Waals surface area (Å²) in [5.74, 6) is -1.21. The van der Waals surface area contributed by atoms with Gasteiger partial charge in [-0.05, 0) is 31.0 Å². The van der Waals surface area contributed by atoms with Gasteiger partial charge in [0.2, 0.25) is 0 Å². The second-order valence-corrected chi connectivity index (χ2v) is 4.18. The van der Waals surface area contributed by atoms with E-state index >= 15 is 0 Å². The van der Waals surface area contributed by atoms with Crippen molar-refractivity contribution in [3.63, 3.8) is 0 Å². The molecular formula is C12H14O4. The molecule has 1 fully saturated rings. The summed E-state index contributed by atoms with van der Waals surface area (Å²) in [4.78, 5) is 11.1. The van der Waals surface area contributed by atoms with Gasteiger partial charge in [0.1, 0.15) is 11.4 Å². The van der Waals surface area contributed by atoms with Crippen LogP contribution in [-0.4, -0.2) is 22.8 Å². The van der Waals surface area contributed by atoms with Crippen molar-refractivity contribution in [3.05, 3.63) is 29.8 Å². The van der Waals surface area contributed by atoms with E-state index in [9.17, 15) is 9.90 Å². The van der Waals surface area contributed by atoms with Gasteiger partial charge < -0.3 is 14.9 Å². The molecule has 1 aliphatic rings. The highest BCUT2D eigenvalue weighted by Crippen LogP contribution is 2.41. The molecule has 0 aliphatic carbocycles. The molecule has 4 nitrogen and oxygen atoms in total. The van der Waals surface area contributed by atoms with Crippen LogP contribution in [0.5, 0.6) is 5.75 Å². The van der Waals surface area contributed by atoms with Crippen LogP contribution in [-0.2, 0) is 15.1 Å². The summed E-state index contributed by atoms with van der Waals surface area (Å²) in [6.07, 6.45) is 0.521. The number of ether oxygens (including phenoxy) is 1. The van der Waals surface area contributed by atoms with Crippen molar-refractivity contribution in [2.45, 2.75) is 18.9 Å². The first-order valence-electron chi connectivity index (χ1n) is 5.20. The number of aromatic hydroxyl groups is 1. The lowest BCUT2D eigenvalue weighted by molar-refractivity contribution is -0.148. The summed E-state index contributed by atoms with van der Waals surface area (Å²) in [6, 6.07) is 6.50. The smallest absolute Gasteiger partial charge is 0.309 e. The molecule has 2 unspecified atom stereocenters. The summed E-state index contributed by atoms with van der Waals surface area (Å²) in [7, 11) is 0. The fourth-order valence-electron chi connectivity index (χ4n) is 2.20. The summed E-state index contributed by atoms with van der Waals surface area (Å²) >= 11 is 0. The lowest BCUT2D eigenvalue weighted by Crippen LogP contribution is -2.33. The van der Waals surface area contributed by atoms with Crippen molar-refractivity contribution >= 4 is 5.97 Å². The lowest BCUT2D eigenvalue weighted by Gasteiger charge is -2.28. The van der Waals surface area contributed by atoms with Gasteiger partial charge in [0, 0.05) is 6.61 Å². The van der Waals surface area contributed by atoms with Crippen molar-refractivity contribution in [2.24, 2.45) is 5.92 Å². The van der Waals surface area contributed by atoms with Gasteiger partial charge in [0.05, 0.1) is 5.92 Å². The predicted octanol–water partition coefficient (Wildman–Crippen LogP) is 1.73. The van der Waals surface area contributed by atoms with Crippen LogP contribution >= 0.6 is 0 Å². The van der Waals surface area contributed by atoms with Crippen molar-refractivity contribution in [1.29, 1.82) is 0 Å². The number of carboxylic acid groups (broad SMARTS) is 1. The van der Waals surface area contributed by atoms with Crippen LogP contribution in [0, 0.1) is 5.92 Å². The fraction of sp³-hybridized carbons (Fsp3) is 0.417. The highest BCUT2D eigenvalue weighted by molar-refractivity contribution is 5.72. The SMILES string of the molecule is CC1(c2ccc(O)cc2)OCCC1C(=O)O. The highest BCUT2D eigenvalue weighted by Gasteiger charge is 2.45. The molecule has 0 radical (unpaired) electrons. The molecule has 16 heavy (non-hydrogen) atoms. The molecule has 1 aromatic carbocycles. The van der Waals surface area contributed by atoms with Crippen LogP contribution in [0.2, 0.25) is 0 Å². The van der Waals surface area contributed by atoms with E-state index in [2.05, 4.69) is 0 Å². The Hall–Kier alpha value is -1.55. The van der Waals surface area contributed by atoms with E-state index in [1.54, 1.807) is 31.2 Å². The van der Waals surface area contributed by atoms with Crippen LogP contribution in [0.3, 0.4) is 0 Å². The Morgan fingerprint density at radius 2 is 2.06 bits per heavy atom. The molecule has 1 heterocycles. The monoisotopic (exact) mass is 222 g/mol. The van der Waals surface area contributed by atoms with E-state index in [4.69, 9.17) is 9.84 Å². The number of carboxylic acids is 1. The Labute approximate surface area is 93.5 Å². The zero-order valence-corrected chi connectivity index (χ0v) is 9.01. The van der Waals surface area contributed by atoms with E-state index in [1.807, 2.05) is 0 Å². The van der Waals surface area contributed by atoms with Gasteiger partial charge in [-0.25, -0.2) is 0 Å². The molecule has 0 amide bonds. The predicted molar refractivity (Wildman–Crippen MR) is 57.2 cm³/mol. The molecule has 0 bridgehead atoms.